The van der Waals surface area contributed by atoms with Gasteiger partial charge in [0.2, 0.25) is 0 Å². The molecule has 1 amide bonds. The van der Waals surface area contributed by atoms with Crippen molar-refractivity contribution in [1.29, 1.82) is 0 Å². The van der Waals surface area contributed by atoms with Gasteiger partial charge in [0.05, 0.1) is 27.1 Å². The number of carbonyl (C=O) groups is 1. The van der Waals surface area contributed by atoms with Crippen LogP contribution in [0.25, 0.3) is 20.4 Å². The number of ether oxygens (including phenoxy) is 1. The van der Waals surface area contributed by atoms with E-state index < -0.39 is 5.60 Å². The zero-order chi connectivity index (χ0) is 24.7. The predicted octanol–water partition coefficient (Wildman–Crippen LogP) is 7.68. The lowest BCUT2D eigenvalue weighted by atomic mass is 9.94. The number of benzene rings is 1. The maximum absolute atomic E-state index is 14.8. The molecule has 1 aromatic carbocycles. The van der Waals surface area contributed by atoms with Gasteiger partial charge >= 0.3 is 6.09 Å². The Balaban J connectivity index is 1.45. The summed E-state index contributed by atoms with van der Waals surface area (Å²) in [6.45, 7) is 8.49. The third kappa shape index (κ3) is 4.97. The van der Waals surface area contributed by atoms with Crippen LogP contribution in [-0.4, -0.2) is 39.1 Å². The van der Waals surface area contributed by atoms with Gasteiger partial charge < -0.3 is 15.0 Å². The molecule has 1 saturated heterocycles. The minimum Gasteiger partial charge on any atom is -0.444 e. The zero-order valence-corrected chi connectivity index (χ0v) is 21.9. The first-order valence-electron chi connectivity index (χ1n) is 11.9. The number of aromatic nitrogens is 2. The summed E-state index contributed by atoms with van der Waals surface area (Å²) in [6.07, 6.45) is 4.47. The second-order valence-electron chi connectivity index (χ2n) is 10.0. The molecule has 5 rings (SSSR count). The fourth-order valence-corrected chi connectivity index (χ4v) is 6.58. The van der Waals surface area contributed by atoms with Gasteiger partial charge in [-0.25, -0.2) is 19.2 Å². The molecule has 0 aliphatic carbocycles. The summed E-state index contributed by atoms with van der Waals surface area (Å²) in [6, 6.07) is 7.28. The van der Waals surface area contributed by atoms with Crippen LogP contribution >= 0.6 is 22.7 Å². The van der Waals surface area contributed by atoms with Crippen LogP contribution in [0.5, 0.6) is 0 Å². The van der Waals surface area contributed by atoms with E-state index >= 15 is 0 Å². The molecule has 1 N–H and O–H groups in total. The molecule has 0 spiro atoms. The molecule has 0 saturated carbocycles. The van der Waals surface area contributed by atoms with Crippen LogP contribution in [0.3, 0.4) is 0 Å². The van der Waals surface area contributed by atoms with Gasteiger partial charge in [-0.3, -0.25) is 0 Å². The van der Waals surface area contributed by atoms with Gasteiger partial charge in [0, 0.05) is 35.0 Å². The maximum atomic E-state index is 14.8. The topological polar surface area (TPSA) is 67.4 Å². The Bertz CT molecular complexity index is 1380. The number of fused-ring (bicyclic) bond motifs is 2. The van der Waals surface area contributed by atoms with Crippen molar-refractivity contribution in [3.63, 3.8) is 0 Å². The smallest absolute Gasteiger partial charge is 0.410 e. The molecule has 9 heteroatoms. The number of nitrogens with zero attached hydrogens (tertiary/aromatic N) is 3. The summed E-state index contributed by atoms with van der Waals surface area (Å²) in [4.78, 5) is 25.8. The largest absolute Gasteiger partial charge is 0.444 e. The number of thiophene rings is 1. The van der Waals surface area contributed by atoms with Crippen molar-refractivity contribution >= 4 is 60.6 Å². The van der Waals surface area contributed by atoms with E-state index in [1.807, 2.05) is 31.7 Å². The van der Waals surface area contributed by atoms with Gasteiger partial charge in [-0.1, -0.05) is 6.42 Å². The standard InChI is InChI=1S/C26H29FN4O2S2/c1-15-16(7-5-6-10-31(15)25(32)33-26(2,3)4)22-11-17-19(8-9-28-24(17)35-22)30-20-13-21-23(12-18(20)27)34-14-29-21/h8-9,11-16H,5-7,10H2,1-4H3,(H,28,30). The quantitative estimate of drug-likeness (QED) is 0.305. The lowest BCUT2D eigenvalue weighted by Gasteiger charge is -2.33. The van der Waals surface area contributed by atoms with Crippen molar-refractivity contribution in [1.82, 2.24) is 14.9 Å². The summed E-state index contributed by atoms with van der Waals surface area (Å²) >= 11 is 3.06. The summed E-state index contributed by atoms with van der Waals surface area (Å²) < 4.78 is 21.3. The molecule has 3 aromatic heterocycles. The second kappa shape index (κ2) is 9.35. The van der Waals surface area contributed by atoms with Crippen LogP contribution in [0.1, 0.15) is 57.8 Å². The normalized spacial score (nSPS) is 19.2. The van der Waals surface area contributed by atoms with Crippen molar-refractivity contribution in [3.8, 4) is 0 Å². The Morgan fingerprint density at radius 2 is 2.03 bits per heavy atom. The first-order valence-corrected chi connectivity index (χ1v) is 13.6. The van der Waals surface area contributed by atoms with Gasteiger partial charge in [0.1, 0.15) is 16.2 Å². The van der Waals surface area contributed by atoms with Crippen molar-refractivity contribution in [2.75, 3.05) is 11.9 Å². The van der Waals surface area contributed by atoms with E-state index in [2.05, 4.69) is 28.3 Å². The maximum Gasteiger partial charge on any atom is 0.410 e. The van der Waals surface area contributed by atoms with Crippen molar-refractivity contribution < 1.29 is 13.9 Å². The van der Waals surface area contributed by atoms with E-state index in [9.17, 15) is 9.18 Å². The monoisotopic (exact) mass is 512 g/mol. The average molecular weight is 513 g/mol. The van der Waals surface area contributed by atoms with E-state index in [0.717, 1.165) is 45.4 Å². The number of rotatable bonds is 3. The number of hydrogen-bond acceptors (Lipinski definition) is 7. The molecule has 1 aliphatic heterocycles. The van der Waals surface area contributed by atoms with Crippen LogP contribution < -0.4 is 5.32 Å². The molecule has 4 aromatic rings. The van der Waals surface area contributed by atoms with Gasteiger partial charge in [-0.15, -0.1) is 22.7 Å². The first-order chi connectivity index (χ1) is 16.7. The Kier molecular flexibility index (Phi) is 6.40. The minimum absolute atomic E-state index is 0.00124. The Morgan fingerprint density at radius 3 is 2.83 bits per heavy atom. The third-order valence-electron chi connectivity index (χ3n) is 6.38. The van der Waals surface area contributed by atoms with Crippen molar-refractivity contribution in [2.24, 2.45) is 0 Å². The van der Waals surface area contributed by atoms with E-state index in [1.165, 1.54) is 22.3 Å². The molecule has 2 atom stereocenters. The minimum atomic E-state index is -0.530. The van der Waals surface area contributed by atoms with Crippen LogP contribution in [0.15, 0.2) is 36.0 Å². The summed E-state index contributed by atoms with van der Waals surface area (Å²) in [5.74, 6) is -0.132. The molecule has 0 bridgehead atoms. The number of pyridine rings is 1. The van der Waals surface area contributed by atoms with Crippen LogP contribution in [-0.2, 0) is 4.74 Å². The zero-order valence-electron chi connectivity index (χ0n) is 20.3. The molecule has 1 aliphatic rings. The Labute approximate surface area is 212 Å². The fraction of sp³-hybridized carbons (Fsp3) is 0.423. The van der Waals surface area contributed by atoms with E-state index in [1.54, 1.807) is 29.1 Å². The number of carbonyl (C=O) groups excluding carboxylic acids is 1. The average Bonchev–Trinajstić information content (AvgIpc) is 3.37. The van der Waals surface area contributed by atoms with Crippen molar-refractivity contribution in [3.05, 3.63) is 46.7 Å². The number of thiazole rings is 1. The number of nitrogens with one attached hydrogen (secondary N) is 1. The molecule has 6 nitrogen and oxygen atoms in total. The van der Waals surface area contributed by atoms with Gasteiger partial charge in [0.25, 0.3) is 0 Å². The van der Waals surface area contributed by atoms with Crippen LogP contribution in [0.4, 0.5) is 20.6 Å². The number of hydrogen-bond donors (Lipinski definition) is 1. The SMILES string of the molecule is CC1C(c2cc3c(Nc4cc5ncsc5cc4F)ccnc3s2)CCCCN1C(=O)OC(C)(C)C. The van der Waals surface area contributed by atoms with Gasteiger partial charge in [-0.05, 0) is 64.8 Å². The van der Waals surface area contributed by atoms with E-state index in [-0.39, 0.29) is 23.9 Å². The lowest BCUT2D eigenvalue weighted by Crippen LogP contribution is -2.44. The number of anilines is 2. The molecule has 35 heavy (non-hydrogen) atoms. The molecule has 4 heterocycles. The first kappa shape index (κ1) is 23.9. The van der Waals surface area contributed by atoms with Gasteiger partial charge in [0.15, 0.2) is 0 Å². The van der Waals surface area contributed by atoms with Crippen molar-refractivity contribution in [2.45, 2.75) is 64.5 Å². The molecule has 0 radical (unpaired) electrons. The number of likely N-dealkylation sites (tertiary alicyclic amines) is 1. The Morgan fingerprint density at radius 1 is 1.20 bits per heavy atom. The highest BCUT2D eigenvalue weighted by Gasteiger charge is 2.34. The number of halogens is 1. The lowest BCUT2D eigenvalue weighted by molar-refractivity contribution is 0.0168. The summed E-state index contributed by atoms with van der Waals surface area (Å²) in [7, 11) is 0. The predicted molar refractivity (Wildman–Crippen MR) is 141 cm³/mol. The van der Waals surface area contributed by atoms with Gasteiger partial charge in [-0.2, -0.15) is 0 Å². The van der Waals surface area contributed by atoms with Crippen LogP contribution in [0.2, 0.25) is 0 Å². The molecular formula is C26H29FN4O2S2. The second-order valence-corrected chi connectivity index (χ2v) is 12.0. The molecule has 2 unspecified atom stereocenters. The highest BCUT2D eigenvalue weighted by atomic mass is 32.1. The molecular weight excluding hydrogens is 483 g/mol. The summed E-state index contributed by atoms with van der Waals surface area (Å²) in [5, 5.41) is 4.21. The molecule has 1 fully saturated rings. The summed E-state index contributed by atoms with van der Waals surface area (Å²) in [5.41, 5.74) is 3.15. The van der Waals surface area contributed by atoms with E-state index in [0.29, 0.717) is 12.2 Å². The molecule has 184 valence electrons. The van der Waals surface area contributed by atoms with E-state index in [4.69, 9.17) is 4.74 Å². The highest BCUT2D eigenvalue weighted by Crippen LogP contribution is 2.41. The van der Waals surface area contributed by atoms with Crippen LogP contribution in [0, 0.1) is 5.82 Å². The highest BCUT2D eigenvalue weighted by molar-refractivity contribution is 7.18. The third-order valence-corrected chi connectivity index (χ3v) is 8.34. The Hall–Kier alpha value is -2.78. The number of amides is 1. The fourth-order valence-electron chi connectivity index (χ4n) is 4.64.